The van der Waals surface area contributed by atoms with Crippen molar-refractivity contribution in [2.75, 3.05) is 12.3 Å². The number of carboxylic acid groups (broad SMARTS) is 1. The molecule has 0 aromatic heterocycles. The van der Waals surface area contributed by atoms with Gasteiger partial charge in [-0.3, -0.25) is 9.59 Å². The van der Waals surface area contributed by atoms with Gasteiger partial charge < -0.3 is 10.4 Å². The first-order valence-electron chi connectivity index (χ1n) is 5.88. The van der Waals surface area contributed by atoms with E-state index in [-0.39, 0.29) is 18.2 Å². The normalized spacial score (nSPS) is 13.1. The van der Waals surface area contributed by atoms with Gasteiger partial charge in [0.25, 0.3) is 0 Å². The molecule has 0 bridgehead atoms. The molecule has 0 radical (unpaired) electrons. The molecule has 18 heavy (non-hydrogen) atoms. The molecule has 2 rings (SSSR count). The monoisotopic (exact) mass is 265 g/mol. The summed E-state index contributed by atoms with van der Waals surface area (Å²) < 4.78 is 0. The van der Waals surface area contributed by atoms with Crippen LogP contribution in [0.2, 0.25) is 0 Å². The van der Waals surface area contributed by atoms with Crippen LogP contribution in [0.1, 0.15) is 17.5 Å². The lowest BCUT2D eigenvalue weighted by atomic mass is 10.1. The van der Waals surface area contributed by atoms with Crippen molar-refractivity contribution in [3.05, 3.63) is 29.3 Å². The summed E-state index contributed by atoms with van der Waals surface area (Å²) in [4.78, 5) is 22.7. The molecular weight excluding hydrogens is 250 g/mol. The van der Waals surface area contributed by atoms with Crippen LogP contribution >= 0.6 is 11.8 Å². The molecule has 0 unspecified atom stereocenters. The van der Waals surface area contributed by atoms with Crippen molar-refractivity contribution in [3.63, 3.8) is 0 Å². The number of aliphatic carboxylic acids is 1. The molecule has 0 heterocycles. The van der Waals surface area contributed by atoms with Crippen LogP contribution in [-0.2, 0) is 22.4 Å². The maximum atomic E-state index is 11.4. The molecule has 4 nitrogen and oxygen atoms in total. The summed E-state index contributed by atoms with van der Waals surface area (Å²) in [6.07, 6.45) is 3.48. The standard InChI is InChI=1S/C13H15NO3S/c15-12(14-7-13(16)17)8-18-11-5-4-9-2-1-3-10(9)6-11/h4-6H,1-3,7-8H2,(H,14,15)(H,16,17). The summed E-state index contributed by atoms with van der Waals surface area (Å²) in [5, 5.41) is 10.8. The summed E-state index contributed by atoms with van der Waals surface area (Å²) >= 11 is 1.44. The third-order valence-electron chi connectivity index (χ3n) is 2.88. The minimum absolute atomic E-state index is 0.247. The van der Waals surface area contributed by atoms with Crippen LogP contribution in [0.4, 0.5) is 0 Å². The number of carbonyl (C=O) groups excluding carboxylic acids is 1. The Morgan fingerprint density at radius 2 is 2.06 bits per heavy atom. The Bertz CT molecular complexity index is 473. The quantitative estimate of drug-likeness (QED) is 0.791. The van der Waals surface area contributed by atoms with E-state index in [4.69, 9.17) is 5.11 Å². The van der Waals surface area contributed by atoms with Gasteiger partial charge in [-0.25, -0.2) is 0 Å². The summed E-state index contributed by atoms with van der Waals surface area (Å²) in [7, 11) is 0. The number of hydrogen-bond donors (Lipinski definition) is 2. The van der Waals surface area contributed by atoms with Crippen LogP contribution in [-0.4, -0.2) is 29.3 Å². The van der Waals surface area contributed by atoms with Crippen molar-refractivity contribution in [1.82, 2.24) is 5.32 Å². The third kappa shape index (κ3) is 3.50. The van der Waals surface area contributed by atoms with E-state index in [0.29, 0.717) is 0 Å². The van der Waals surface area contributed by atoms with E-state index in [1.807, 2.05) is 6.07 Å². The van der Waals surface area contributed by atoms with E-state index in [0.717, 1.165) is 17.7 Å². The number of amides is 1. The molecule has 0 saturated carbocycles. The van der Waals surface area contributed by atoms with Crippen LogP contribution < -0.4 is 5.32 Å². The summed E-state index contributed by atoms with van der Waals surface area (Å²) in [5.74, 6) is -1.01. The fourth-order valence-corrected chi connectivity index (χ4v) is 2.80. The van der Waals surface area contributed by atoms with E-state index in [1.54, 1.807) is 0 Å². The fraction of sp³-hybridized carbons (Fsp3) is 0.385. The average molecular weight is 265 g/mol. The maximum absolute atomic E-state index is 11.4. The molecule has 0 saturated heterocycles. The zero-order valence-electron chi connectivity index (χ0n) is 9.94. The second-order valence-corrected chi connectivity index (χ2v) is 5.29. The molecule has 96 valence electrons. The van der Waals surface area contributed by atoms with Gasteiger partial charge in [-0.05, 0) is 42.5 Å². The van der Waals surface area contributed by atoms with Crippen LogP contribution in [0.15, 0.2) is 23.1 Å². The molecule has 0 aliphatic heterocycles. The van der Waals surface area contributed by atoms with E-state index < -0.39 is 5.97 Å². The number of carboxylic acids is 1. The number of rotatable bonds is 5. The molecular formula is C13H15NO3S. The Hall–Kier alpha value is -1.49. The summed E-state index contributed by atoms with van der Waals surface area (Å²) in [5.41, 5.74) is 2.79. The van der Waals surface area contributed by atoms with Gasteiger partial charge >= 0.3 is 5.97 Å². The van der Waals surface area contributed by atoms with Crippen molar-refractivity contribution in [3.8, 4) is 0 Å². The second-order valence-electron chi connectivity index (χ2n) is 4.24. The van der Waals surface area contributed by atoms with Crippen molar-refractivity contribution in [2.45, 2.75) is 24.2 Å². The van der Waals surface area contributed by atoms with Crippen LogP contribution in [0.3, 0.4) is 0 Å². The summed E-state index contributed by atoms with van der Waals surface area (Å²) in [6.45, 7) is -0.316. The fourth-order valence-electron chi connectivity index (χ4n) is 2.01. The molecule has 0 atom stereocenters. The number of aryl methyl sites for hydroxylation is 2. The van der Waals surface area contributed by atoms with Crippen LogP contribution in [0.25, 0.3) is 0 Å². The Labute approximate surface area is 110 Å². The first-order valence-corrected chi connectivity index (χ1v) is 6.87. The van der Waals surface area contributed by atoms with Gasteiger partial charge in [-0.2, -0.15) is 0 Å². The van der Waals surface area contributed by atoms with E-state index in [2.05, 4.69) is 17.4 Å². The number of thioether (sulfide) groups is 1. The Balaban J connectivity index is 1.83. The number of benzene rings is 1. The van der Waals surface area contributed by atoms with Gasteiger partial charge in [-0.15, -0.1) is 11.8 Å². The van der Waals surface area contributed by atoms with Crippen LogP contribution in [0.5, 0.6) is 0 Å². The van der Waals surface area contributed by atoms with E-state index in [1.165, 1.54) is 29.3 Å². The molecule has 0 fully saturated rings. The lowest BCUT2D eigenvalue weighted by Crippen LogP contribution is -2.30. The molecule has 2 N–H and O–H groups in total. The molecule has 1 aliphatic carbocycles. The largest absolute Gasteiger partial charge is 0.480 e. The Morgan fingerprint density at radius 3 is 2.83 bits per heavy atom. The number of carbonyl (C=O) groups is 2. The first-order chi connectivity index (χ1) is 8.65. The number of hydrogen-bond acceptors (Lipinski definition) is 3. The topological polar surface area (TPSA) is 66.4 Å². The number of fused-ring (bicyclic) bond motifs is 1. The van der Waals surface area contributed by atoms with Gasteiger partial charge in [-0.1, -0.05) is 6.07 Å². The molecule has 1 amide bonds. The van der Waals surface area contributed by atoms with Crippen molar-refractivity contribution in [1.29, 1.82) is 0 Å². The number of nitrogens with one attached hydrogen (secondary N) is 1. The Kier molecular flexibility index (Phi) is 4.25. The highest BCUT2D eigenvalue weighted by atomic mass is 32.2. The maximum Gasteiger partial charge on any atom is 0.322 e. The highest BCUT2D eigenvalue weighted by Crippen LogP contribution is 2.27. The molecule has 5 heteroatoms. The highest BCUT2D eigenvalue weighted by molar-refractivity contribution is 8.00. The minimum Gasteiger partial charge on any atom is -0.480 e. The second kappa shape index (κ2) is 5.91. The van der Waals surface area contributed by atoms with E-state index in [9.17, 15) is 9.59 Å². The first kappa shape index (κ1) is 13.0. The van der Waals surface area contributed by atoms with E-state index >= 15 is 0 Å². The van der Waals surface area contributed by atoms with Gasteiger partial charge in [0.2, 0.25) is 5.91 Å². The molecule has 1 aromatic rings. The third-order valence-corrected chi connectivity index (χ3v) is 3.87. The van der Waals surface area contributed by atoms with Gasteiger partial charge in [0.15, 0.2) is 0 Å². The SMILES string of the molecule is O=C(O)CNC(=O)CSc1ccc2c(c1)CCC2. The van der Waals surface area contributed by atoms with Crippen molar-refractivity contribution in [2.24, 2.45) is 0 Å². The Morgan fingerprint density at radius 1 is 1.28 bits per heavy atom. The minimum atomic E-state index is -1.02. The van der Waals surface area contributed by atoms with Gasteiger partial charge in [0.1, 0.15) is 6.54 Å². The average Bonchev–Trinajstić information content (AvgIpc) is 2.81. The highest BCUT2D eigenvalue weighted by Gasteiger charge is 2.11. The van der Waals surface area contributed by atoms with Gasteiger partial charge in [0.05, 0.1) is 5.75 Å². The smallest absolute Gasteiger partial charge is 0.322 e. The summed E-state index contributed by atoms with van der Waals surface area (Å²) in [6, 6.07) is 6.29. The van der Waals surface area contributed by atoms with Crippen molar-refractivity contribution >= 4 is 23.6 Å². The predicted octanol–water partition coefficient (Wildman–Crippen LogP) is 1.47. The lowest BCUT2D eigenvalue weighted by Gasteiger charge is -2.05. The molecule has 1 aliphatic rings. The van der Waals surface area contributed by atoms with Crippen LogP contribution in [0, 0.1) is 0 Å². The lowest BCUT2D eigenvalue weighted by molar-refractivity contribution is -0.137. The van der Waals surface area contributed by atoms with Gasteiger partial charge in [0, 0.05) is 4.90 Å². The predicted molar refractivity (Wildman–Crippen MR) is 69.8 cm³/mol. The zero-order chi connectivity index (χ0) is 13.0. The molecule has 0 spiro atoms. The zero-order valence-corrected chi connectivity index (χ0v) is 10.8. The van der Waals surface area contributed by atoms with Crippen molar-refractivity contribution < 1.29 is 14.7 Å². The molecule has 1 aromatic carbocycles.